The fourth-order valence-corrected chi connectivity index (χ4v) is 2.64. The molecule has 0 aliphatic heterocycles. The molecule has 0 amide bonds. The lowest BCUT2D eigenvalue weighted by Crippen LogP contribution is -2.25. The molecule has 1 aromatic carbocycles. The van der Waals surface area contributed by atoms with Crippen LogP contribution in [0.2, 0.25) is 0 Å². The van der Waals surface area contributed by atoms with Crippen LogP contribution in [0.4, 0.5) is 0 Å². The number of rotatable bonds is 5. The molecule has 2 rings (SSSR count). The first-order valence-electron chi connectivity index (χ1n) is 5.84. The van der Waals surface area contributed by atoms with Gasteiger partial charge in [-0.2, -0.15) is 0 Å². The largest absolute Gasteiger partial charge is 0.258 e. The minimum atomic E-state index is -3.36. The monoisotopic (exact) mass is 277 g/mol. The number of sulfonamides is 1. The number of hydrogen-bond acceptors (Lipinski definition) is 4. The molecule has 1 aromatic heterocycles. The summed E-state index contributed by atoms with van der Waals surface area (Å²) in [5.41, 5.74) is 2.16. The predicted octanol–water partition coefficient (Wildman–Crippen LogP) is 1.40. The summed E-state index contributed by atoms with van der Waals surface area (Å²) >= 11 is 0. The van der Waals surface area contributed by atoms with Crippen LogP contribution in [-0.4, -0.2) is 18.4 Å². The summed E-state index contributed by atoms with van der Waals surface area (Å²) < 4.78 is 26.3. The maximum Gasteiger partial charge on any atom is 0.216 e. The van der Waals surface area contributed by atoms with E-state index in [1.807, 2.05) is 25.1 Å². The van der Waals surface area contributed by atoms with Gasteiger partial charge < -0.3 is 0 Å². The molecule has 0 aliphatic rings. The van der Waals surface area contributed by atoms with Gasteiger partial charge in [-0.05, 0) is 12.5 Å². The van der Waals surface area contributed by atoms with E-state index in [9.17, 15) is 8.42 Å². The van der Waals surface area contributed by atoms with Crippen LogP contribution >= 0.6 is 0 Å². The van der Waals surface area contributed by atoms with Crippen LogP contribution in [-0.2, 0) is 22.3 Å². The summed E-state index contributed by atoms with van der Waals surface area (Å²) in [7, 11) is -3.36. The zero-order chi connectivity index (χ0) is 13.7. The zero-order valence-corrected chi connectivity index (χ0v) is 11.4. The van der Waals surface area contributed by atoms with Gasteiger partial charge in [0, 0.05) is 6.20 Å². The van der Waals surface area contributed by atoms with Crippen LogP contribution < -0.4 is 4.72 Å². The first-order chi connectivity index (χ1) is 9.05. The quantitative estimate of drug-likeness (QED) is 0.896. The lowest BCUT2D eigenvalue weighted by atomic mass is 10.2. The first-order valence-corrected chi connectivity index (χ1v) is 7.49. The Morgan fingerprint density at radius 1 is 1.11 bits per heavy atom. The molecule has 0 saturated heterocycles. The Hall–Kier alpha value is -1.79. The van der Waals surface area contributed by atoms with Gasteiger partial charge in [0.25, 0.3) is 0 Å². The Labute approximate surface area is 112 Å². The molecule has 0 radical (unpaired) electrons. The Balaban J connectivity index is 1.96. The molecule has 0 aliphatic carbocycles. The second-order valence-corrected chi connectivity index (χ2v) is 6.02. The third-order valence-corrected chi connectivity index (χ3v) is 3.80. The molecule has 2 aromatic rings. The Bertz CT molecular complexity index is 625. The van der Waals surface area contributed by atoms with Gasteiger partial charge in [0.2, 0.25) is 10.0 Å². The van der Waals surface area contributed by atoms with Crippen LogP contribution in [0.3, 0.4) is 0 Å². The highest BCUT2D eigenvalue weighted by Gasteiger charge is 2.11. The molecule has 1 heterocycles. The van der Waals surface area contributed by atoms with Crippen LogP contribution in [0, 0.1) is 6.92 Å². The average molecular weight is 277 g/mol. The van der Waals surface area contributed by atoms with Crippen molar-refractivity contribution in [1.29, 1.82) is 0 Å². The van der Waals surface area contributed by atoms with E-state index in [2.05, 4.69) is 14.7 Å². The number of aromatic nitrogens is 2. The molecule has 1 N–H and O–H groups in total. The zero-order valence-electron chi connectivity index (χ0n) is 10.6. The molecule has 19 heavy (non-hydrogen) atoms. The number of nitrogens with one attached hydrogen (secondary N) is 1. The highest BCUT2D eigenvalue weighted by molar-refractivity contribution is 7.88. The lowest BCUT2D eigenvalue weighted by molar-refractivity contribution is 0.579. The van der Waals surface area contributed by atoms with Crippen LogP contribution in [0.25, 0.3) is 0 Å². The second-order valence-electron chi connectivity index (χ2n) is 4.21. The van der Waals surface area contributed by atoms with Gasteiger partial charge in [-0.1, -0.05) is 30.3 Å². The van der Waals surface area contributed by atoms with E-state index in [4.69, 9.17) is 0 Å². The van der Waals surface area contributed by atoms with Crippen molar-refractivity contribution in [2.45, 2.75) is 19.2 Å². The summed E-state index contributed by atoms with van der Waals surface area (Å²) in [5, 5.41) is 0. The maximum atomic E-state index is 11.9. The van der Waals surface area contributed by atoms with Gasteiger partial charge in [0.05, 0.1) is 29.9 Å². The van der Waals surface area contributed by atoms with Crippen molar-refractivity contribution in [2.75, 3.05) is 0 Å². The molecule has 0 fully saturated rings. The highest BCUT2D eigenvalue weighted by Crippen LogP contribution is 2.04. The summed E-state index contributed by atoms with van der Waals surface area (Å²) in [4.78, 5) is 8.17. The average Bonchev–Trinajstić information content (AvgIpc) is 2.39. The van der Waals surface area contributed by atoms with E-state index in [0.29, 0.717) is 5.69 Å². The fourth-order valence-electron chi connectivity index (χ4n) is 1.54. The molecular formula is C13H15N3O2S. The Morgan fingerprint density at radius 2 is 1.84 bits per heavy atom. The van der Waals surface area contributed by atoms with E-state index >= 15 is 0 Å². The van der Waals surface area contributed by atoms with Gasteiger partial charge in [-0.3, -0.25) is 9.97 Å². The minimum absolute atomic E-state index is 0.0346. The van der Waals surface area contributed by atoms with E-state index in [0.717, 1.165) is 11.3 Å². The van der Waals surface area contributed by atoms with Crippen molar-refractivity contribution in [3.8, 4) is 0 Å². The number of aryl methyl sites for hydroxylation is 1. The van der Waals surface area contributed by atoms with Gasteiger partial charge in [0.15, 0.2) is 0 Å². The summed E-state index contributed by atoms with van der Waals surface area (Å²) in [5.74, 6) is -0.0346. The van der Waals surface area contributed by atoms with Crippen molar-refractivity contribution < 1.29 is 8.42 Å². The highest BCUT2D eigenvalue weighted by atomic mass is 32.2. The maximum absolute atomic E-state index is 11.9. The molecule has 0 atom stereocenters. The van der Waals surface area contributed by atoms with Crippen molar-refractivity contribution in [1.82, 2.24) is 14.7 Å². The van der Waals surface area contributed by atoms with Gasteiger partial charge >= 0.3 is 0 Å². The fraction of sp³-hybridized carbons (Fsp3) is 0.231. The molecule has 100 valence electrons. The van der Waals surface area contributed by atoms with E-state index in [1.54, 1.807) is 24.5 Å². The first kappa shape index (κ1) is 13.6. The number of hydrogen-bond donors (Lipinski definition) is 1. The standard InChI is InChI=1S/C13H15N3O2S/c1-11-7-15-13(8-14-11)9-16-19(17,18)10-12-5-3-2-4-6-12/h2-8,16H,9-10H2,1H3. The summed E-state index contributed by atoms with van der Waals surface area (Å²) in [6.07, 6.45) is 3.18. The normalized spacial score (nSPS) is 11.4. The van der Waals surface area contributed by atoms with E-state index < -0.39 is 10.0 Å². The van der Waals surface area contributed by atoms with Gasteiger partial charge in [-0.15, -0.1) is 0 Å². The second kappa shape index (κ2) is 5.90. The molecule has 0 bridgehead atoms. The smallest absolute Gasteiger partial charge is 0.216 e. The molecule has 0 spiro atoms. The van der Waals surface area contributed by atoms with Crippen molar-refractivity contribution in [2.24, 2.45) is 0 Å². The third kappa shape index (κ3) is 4.42. The van der Waals surface area contributed by atoms with Crippen LogP contribution in [0.5, 0.6) is 0 Å². The van der Waals surface area contributed by atoms with Crippen LogP contribution in [0.1, 0.15) is 17.0 Å². The summed E-state index contributed by atoms with van der Waals surface area (Å²) in [6.45, 7) is 1.98. The van der Waals surface area contributed by atoms with Crippen molar-refractivity contribution >= 4 is 10.0 Å². The van der Waals surface area contributed by atoms with Gasteiger partial charge in [0.1, 0.15) is 0 Å². The SMILES string of the molecule is Cc1cnc(CNS(=O)(=O)Cc2ccccc2)cn1. The molecular weight excluding hydrogens is 262 g/mol. The van der Waals surface area contributed by atoms with Crippen molar-refractivity contribution in [3.05, 3.63) is 59.7 Å². The minimum Gasteiger partial charge on any atom is -0.258 e. The summed E-state index contributed by atoms with van der Waals surface area (Å²) in [6, 6.07) is 9.05. The number of benzene rings is 1. The topological polar surface area (TPSA) is 72.0 Å². The third-order valence-electron chi connectivity index (χ3n) is 2.51. The van der Waals surface area contributed by atoms with Crippen LogP contribution in [0.15, 0.2) is 42.7 Å². The molecule has 6 heteroatoms. The molecule has 0 unspecified atom stereocenters. The molecule has 0 saturated carbocycles. The van der Waals surface area contributed by atoms with Gasteiger partial charge in [-0.25, -0.2) is 13.1 Å². The van der Waals surface area contributed by atoms with E-state index in [1.165, 1.54) is 0 Å². The van der Waals surface area contributed by atoms with E-state index in [-0.39, 0.29) is 12.3 Å². The lowest BCUT2D eigenvalue weighted by Gasteiger charge is -2.06. The molecule has 5 nitrogen and oxygen atoms in total. The number of nitrogens with zero attached hydrogens (tertiary/aromatic N) is 2. The Kier molecular flexibility index (Phi) is 4.24. The Morgan fingerprint density at radius 3 is 2.47 bits per heavy atom. The van der Waals surface area contributed by atoms with Crippen molar-refractivity contribution in [3.63, 3.8) is 0 Å². The predicted molar refractivity (Wildman–Crippen MR) is 72.7 cm³/mol.